The first-order chi connectivity index (χ1) is 28.8. The quantitative estimate of drug-likeness (QED) is 0.104. The van der Waals surface area contributed by atoms with Crippen LogP contribution >= 0.6 is 0 Å². The first kappa shape index (κ1) is 39.4. The zero-order valence-electron chi connectivity index (χ0n) is 36.4. The molecule has 2 aromatic heterocycles. The van der Waals surface area contributed by atoms with Gasteiger partial charge in [0.05, 0.1) is 12.2 Å². The summed E-state index contributed by atoms with van der Waals surface area (Å²) in [6.45, 7) is 0.400. The fourth-order valence-corrected chi connectivity index (χ4v) is 9.52. The van der Waals surface area contributed by atoms with Gasteiger partial charge in [-0.2, -0.15) is 0 Å². The molecule has 0 unspecified atom stereocenters. The van der Waals surface area contributed by atoms with Crippen molar-refractivity contribution in [3.8, 4) is 16.8 Å². The van der Waals surface area contributed by atoms with Crippen LogP contribution in [0.1, 0.15) is 16.7 Å². The Balaban J connectivity index is 1.27. The van der Waals surface area contributed by atoms with Gasteiger partial charge in [0.25, 0.3) is 0 Å². The summed E-state index contributed by atoms with van der Waals surface area (Å²) in [5.41, 5.74) is 30.5. The minimum absolute atomic E-state index is 0.400. The molecule has 5 nitrogen and oxygen atoms in total. The lowest BCUT2D eigenvalue weighted by Crippen LogP contribution is -2.49. The molecule has 278 valence electrons. The monoisotopic (exact) mass is 764 g/mol. The second kappa shape index (κ2) is 15.2. The number of fused-ring (bicyclic) bond motifs is 6. The molecule has 0 spiro atoms. The van der Waals surface area contributed by atoms with Crippen LogP contribution in [0.4, 0.5) is 0 Å². The summed E-state index contributed by atoms with van der Waals surface area (Å²) in [6, 6.07) is 37.5. The molecule has 0 aliphatic carbocycles. The largest absolute Gasteiger partial charge is 0.456 e. The molecule has 2 N–H and O–H groups in total. The second-order valence-electron chi connectivity index (χ2n) is 16.7. The van der Waals surface area contributed by atoms with Gasteiger partial charge < -0.3 is 14.7 Å². The lowest BCUT2D eigenvalue weighted by Gasteiger charge is -2.22. The maximum atomic E-state index is 6.57. The molecule has 0 amide bonds. The Morgan fingerprint density at radius 3 is 1.75 bits per heavy atom. The highest BCUT2D eigenvalue weighted by molar-refractivity contribution is 6.71. The molecule has 0 saturated carbocycles. The number of amidine groups is 2. The first-order valence-electron chi connectivity index (χ1n) is 20.9. The molecule has 2 heterocycles. The van der Waals surface area contributed by atoms with Crippen LogP contribution in [0.3, 0.4) is 0 Å². The molecule has 0 fully saturated rings. The van der Waals surface area contributed by atoms with Crippen molar-refractivity contribution in [3.05, 3.63) is 126 Å². The van der Waals surface area contributed by atoms with Crippen LogP contribution in [0.5, 0.6) is 0 Å². The molecule has 0 bridgehead atoms. The highest BCUT2D eigenvalue weighted by Crippen LogP contribution is 2.37. The van der Waals surface area contributed by atoms with E-state index >= 15 is 0 Å². The molecule has 9 aromatic rings. The molecular formula is C45H42B10N4O. The van der Waals surface area contributed by atoms with Gasteiger partial charge in [-0.15, -0.1) is 10.9 Å². The van der Waals surface area contributed by atoms with Crippen molar-refractivity contribution in [2.45, 2.75) is 6.54 Å². The highest BCUT2D eigenvalue weighted by Gasteiger charge is 2.25. The Hall–Kier alpha value is -6.07. The summed E-state index contributed by atoms with van der Waals surface area (Å²) >= 11 is 0. The van der Waals surface area contributed by atoms with Crippen molar-refractivity contribution in [2.24, 2.45) is 15.7 Å². The van der Waals surface area contributed by atoms with Gasteiger partial charge in [0.15, 0.2) is 5.84 Å². The Bertz CT molecular complexity index is 3230. The van der Waals surface area contributed by atoms with Gasteiger partial charge in [-0.05, 0) is 51.7 Å². The number of benzene rings is 7. The average molecular weight is 763 g/mol. The topological polar surface area (TPSA) is 68.8 Å². The Morgan fingerprint density at radius 1 is 0.550 bits per heavy atom. The third-order valence-corrected chi connectivity index (χ3v) is 13.3. The Morgan fingerprint density at radius 2 is 1.13 bits per heavy atom. The fourth-order valence-electron chi connectivity index (χ4n) is 9.52. The van der Waals surface area contributed by atoms with E-state index in [0.717, 1.165) is 44.2 Å². The Labute approximate surface area is 360 Å². The van der Waals surface area contributed by atoms with Crippen molar-refractivity contribution >= 4 is 189 Å². The van der Waals surface area contributed by atoms with E-state index in [2.05, 4.69) is 125 Å². The first-order valence-corrected chi connectivity index (χ1v) is 20.9. The van der Waals surface area contributed by atoms with E-state index in [-0.39, 0.29) is 0 Å². The number of rotatable bonds is 6. The third kappa shape index (κ3) is 6.33. The number of nitrogens with zero attached hydrogens (tertiary/aromatic N) is 3. The van der Waals surface area contributed by atoms with Gasteiger partial charge in [-0.1, -0.05) is 129 Å². The maximum absolute atomic E-state index is 6.57. The number of hydrogen-bond acceptors (Lipinski definition) is 2. The summed E-state index contributed by atoms with van der Waals surface area (Å²) in [5.74, 6) is 1.01. The van der Waals surface area contributed by atoms with Gasteiger partial charge in [0.1, 0.15) is 95.5 Å². The molecule has 60 heavy (non-hydrogen) atoms. The van der Waals surface area contributed by atoms with Crippen molar-refractivity contribution in [2.75, 3.05) is 0 Å². The SMILES string of the molecule is Bc1cc(B)c(-c2ccc3oc4cccc(C/N=C(\N=C(/N)c5ccccc5)c5ccccc5)c4c3c2)c(-n2c3c(B)c(B)c(B)c(B)c3c3c(B)c(B)c(B)c(B)c32)c1. The highest BCUT2D eigenvalue weighted by atomic mass is 16.3. The molecule has 0 atom stereocenters. The summed E-state index contributed by atoms with van der Waals surface area (Å²) < 4.78 is 9.18. The van der Waals surface area contributed by atoms with Gasteiger partial charge in [0.2, 0.25) is 0 Å². The van der Waals surface area contributed by atoms with Crippen LogP contribution in [0.15, 0.2) is 124 Å². The van der Waals surface area contributed by atoms with Crippen molar-refractivity contribution in [1.29, 1.82) is 0 Å². The van der Waals surface area contributed by atoms with Crippen molar-refractivity contribution in [3.63, 3.8) is 0 Å². The van der Waals surface area contributed by atoms with Gasteiger partial charge in [-0.3, -0.25) is 4.99 Å². The molecule has 0 radical (unpaired) electrons. The van der Waals surface area contributed by atoms with Crippen LogP contribution < -0.4 is 60.4 Å². The maximum Gasteiger partial charge on any atom is 0.157 e. The minimum Gasteiger partial charge on any atom is -0.456 e. The van der Waals surface area contributed by atoms with E-state index in [1.54, 1.807) is 0 Å². The van der Waals surface area contributed by atoms with E-state index in [4.69, 9.17) is 20.1 Å². The van der Waals surface area contributed by atoms with Crippen LogP contribution in [0, 0.1) is 0 Å². The molecule has 0 aliphatic heterocycles. The van der Waals surface area contributed by atoms with E-state index < -0.39 is 0 Å². The summed E-state index contributed by atoms with van der Waals surface area (Å²) in [4.78, 5) is 10.0. The number of aliphatic imine (C=N–C) groups is 2. The molecule has 0 saturated heterocycles. The van der Waals surface area contributed by atoms with Crippen molar-refractivity contribution < 1.29 is 4.42 Å². The number of hydrogen-bond donors (Lipinski definition) is 1. The van der Waals surface area contributed by atoms with Gasteiger partial charge in [-0.25, -0.2) is 4.99 Å². The normalized spacial score (nSPS) is 12.3. The molecule has 9 rings (SSSR count). The Kier molecular flexibility index (Phi) is 9.97. The van der Waals surface area contributed by atoms with Gasteiger partial charge in [0, 0.05) is 32.9 Å². The molecule has 7 aromatic carbocycles. The second-order valence-corrected chi connectivity index (χ2v) is 16.7. The predicted molar refractivity (Wildman–Crippen MR) is 289 cm³/mol. The number of nitrogens with two attached hydrogens (primary N) is 1. The molecular weight excluding hydrogens is 721 g/mol. The average Bonchev–Trinajstić information content (AvgIpc) is 3.82. The standard InChI is InChI=1S/C45H42B10N4O/c46-24-17-26(47)31(27(18-24)59-42-32(34(48)36(50)38(52)40(42)54)33-35(49)37(51)39(53)41(55)43(33)59)22-14-15-28-25(16-22)30-23(12-7-13-29(30)60-28)19-57-45(21-10-5-2-6-11-21)58-44(56)20-8-3-1-4-9-20/h1-18H,19,46-55H2,(H2,56,57,58). The number of aromatic nitrogens is 1. The van der Waals surface area contributed by atoms with E-state index in [9.17, 15) is 0 Å². The summed E-state index contributed by atoms with van der Waals surface area (Å²) in [5, 5.41) is 4.85. The van der Waals surface area contributed by atoms with E-state index in [1.807, 2.05) is 66.7 Å². The molecule has 0 aliphatic rings. The van der Waals surface area contributed by atoms with Crippen molar-refractivity contribution in [1.82, 2.24) is 4.57 Å². The zero-order valence-corrected chi connectivity index (χ0v) is 36.4. The van der Waals surface area contributed by atoms with E-state index in [0.29, 0.717) is 18.2 Å². The fraction of sp³-hybridized carbons (Fsp3) is 0.0222. The zero-order chi connectivity index (χ0) is 42.1. The van der Waals surface area contributed by atoms with Crippen LogP contribution in [-0.2, 0) is 6.54 Å². The number of furan rings is 1. The van der Waals surface area contributed by atoms with Gasteiger partial charge >= 0.3 is 0 Å². The minimum atomic E-state index is 0.400. The van der Waals surface area contributed by atoms with E-state index in [1.165, 1.54) is 87.7 Å². The predicted octanol–water partition coefficient (Wildman–Crippen LogP) is -6.71. The van der Waals surface area contributed by atoms with Crippen LogP contribution in [-0.4, -0.2) is 94.7 Å². The third-order valence-electron chi connectivity index (χ3n) is 13.3. The lowest BCUT2D eigenvalue weighted by molar-refractivity contribution is 0.668. The smallest absolute Gasteiger partial charge is 0.157 e. The summed E-state index contributed by atoms with van der Waals surface area (Å²) in [6.07, 6.45) is 0. The van der Waals surface area contributed by atoms with Crippen LogP contribution in [0.25, 0.3) is 60.6 Å². The van der Waals surface area contributed by atoms with Crippen LogP contribution in [0.2, 0.25) is 0 Å². The summed E-state index contributed by atoms with van der Waals surface area (Å²) in [7, 11) is 22.9. The molecule has 15 heteroatoms. The lowest BCUT2D eigenvalue weighted by atomic mass is 9.63.